The lowest BCUT2D eigenvalue weighted by Crippen LogP contribution is -2.11. The maximum Gasteiger partial charge on any atom is 0.416 e. The Hall–Kier alpha value is -2.83. The molecule has 7 heteroatoms. The third-order valence-electron chi connectivity index (χ3n) is 4.00. The minimum Gasteiger partial charge on any atom is -0.366 e. The van der Waals surface area contributed by atoms with Crippen LogP contribution in [0.4, 0.5) is 13.2 Å². The number of carbonyl (C=O) groups excluding carboxylic acids is 1. The first kappa shape index (κ1) is 16.0. The van der Waals surface area contributed by atoms with Crippen molar-refractivity contribution in [2.24, 2.45) is 5.73 Å². The summed E-state index contributed by atoms with van der Waals surface area (Å²) in [6, 6.07) is 9.75. The summed E-state index contributed by atoms with van der Waals surface area (Å²) in [6.07, 6.45) is -2.76. The van der Waals surface area contributed by atoms with Crippen LogP contribution in [-0.4, -0.2) is 15.5 Å². The molecular weight excluding hydrogens is 319 g/mol. The largest absolute Gasteiger partial charge is 0.416 e. The number of halogens is 3. The number of nitrogens with two attached hydrogens (primary N) is 1. The molecule has 1 aromatic heterocycles. The van der Waals surface area contributed by atoms with E-state index in [0.29, 0.717) is 11.1 Å². The zero-order chi connectivity index (χ0) is 17.5. The van der Waals surface area contributed by atoms with Crippen LogP contribution in [0.3, 0.4) is 0 Å². The van der Waals surface area contributed by atoms with Crippen molar-refractivity contribution in [3.63, 3.8) is 0 Å². The summed E-state index contributed by atoms with van der Waals surface area (Å²) in [4.78, 5) is 15.5. The number of alkyl halides is 3. The number of imidazole rings is 1. The lowest BCUT2D eigenvalue weighted by atomic mass is 10.1. The van der Waals surface area contributed by atoms with Crippen molar-refractivity contribution in [2.75, 3.05) is 0 Å². The monoisotopic (exact) mass is 333 g/mol. The SMILES string of the molecule is CC(c1ccc(C(F)(F)F)cc1)n1cnc2cc(C(N)=O)ccc21. The second kappa shape index (κ2) is 5.67. The van der Waals surface area contributed by atoms with Gasteiger partial charge in [-0.25, -0.2) is 4.98 Å². The van der Waals surface area contributed by atoms with Gasteiger partial charge in [-0.2, -0.15) is 13.2 Å². The number of primary amides is 1. The van der Waals surface area contributed by atoms with E-state index in [2.05, 4.69) is 4.98 Å². The lowest BCUT2D eigenvalue weighted by Gasteiger charge is -2.16. The van der Waals surface area contributed by atoms with Gasteiger partial charge in [-0.1, -0.05) is 12.1 Å². The van der Waals surface area contributed by atoms with E-state index in [0.717, 1.165) is 23.2 Å². The van der Waals surface area contributed by atoms with Crippen molar-refractivity contribution < 1.29 is 18.0 Å². The van der Waals surface area contributed by atoms with Crippen molar-refractivity contribution >= 4 is 16.9 Å². The highest BCUT2D eigenvalue weighted by Gasteiger charge is 2.30. The van der Waals surface area contributed by atoms with E-state index in [1.165, 1.54) is 12.1 Å². The summed E-state index contributed by atoms with van der Waals surface area (Å²) in [7, 11) is 0. The van der Waals surface area contributed by atoms with Gasteiger partial charge in [-0.05, 0) is 42.8 Å². The second-order valence-electron chi connectivity index (χ2n) is 5.52. The molecule has 2 N–H and O–H groups in total. The molecular formula is C17H14F3N3O. The second-order valence-corrected chi connectivity index (χ2v) is 5.52. The molecule has 0 saturated carbocycles. The fourth-order valence-corrected chi connectivity index (χ4v) is 2.60. The van der Waals surface area contributed by atoms with Gasteiger partial charge in [0.1, 0.15) is 0 Å². The molecule has 1 atom stereocenters. The van der Waals surface area contributed by atoms with Crippen molar-refractivity contribution in [1.29, 1.82) is 0 Å². The van der Waals surface area contributed by atoms with Crippen LogP contribution >= 0.6 is 0 Å². The molecule has 0 fully saturated rings. The summed E-state index contributed by atoms with van der Waals surface area (Å²) in [6.45, 7) is 1.87. The van der Waals surface area contributed by atoms with Crippen LogP contribution < -0.4 is 5.73 Å². The summed E-state index contributed by atoms with van der Waals surface area (Å²) >= 11 is 0. The first-order chi connectivity index (χ1) is 11.3. The molecule has 1 unspecified atom stereocenters. The first-order valence-corrected chi connectivity index (χ1v) is 7.21. The number of nitrogens with zero attached hydrogens (tertiary/aromatic N) is 2. The van der Waals surface area contributed by atoms with Gasteiger partial charge in [0.15, 0.2) is 0 Å². The molecule has 24 heavy (non-hydrogen) atoms. The highest BCUT2D eigenvalue weighted by Crippen LogP contribution is 2.31. The summed E-state index contributed by atoms with van der Waals surface area (Å²) in [5.41, 5.74) is 7.02. The third-order valence-corrected chi connectivity index (χ3v) is 4.00. The van der Waals surface area contributed by atoms with Crippen LogP contribution in [0, 0.1) is 0 Å². The van der Waals surface area contributed by atoms with Gasteiger partial charge in [-0.3, -0.25) is 4.79 Å². The minimum absolute atomic E-state index is 0.211. The number of hydrogen-bond acceptors (Lipinski definition) is 2. The smallest absolute Gasteiger partial charge is 0.366 e. The van der Waals surface area contributed by atoms with Crippen LogP contribution in [0.2, 0.25) is 0 Å². The van der Waals surface area contributed by atoms with E-state index in [9.17, 15) is 18.0 Å². The molecule has 0 radical (unpaired) electrons. The van der Waals surface area contributed by atoms with Crippen LogP contribution in [-0.2, 0) is 6.18 Å². The molecule has 0 aliphatic heterocycles. The summed E-state index contributed by atoms with van der Waals surface area (Å²) in [5, 5.41) is 0. The lowest BCUT2D eigenvalue weighted by molar-refractivity contribution is -0.137. The van der Waals surface area contributed by atoms with Crippen LogP contribution in [0.25, 0.3) is 11.0 Å². The van der Waals surface area contributed by atoms with Gasteiger partial charge in [-0.15, -0.1) is 0 Å². The minimum atomic E-state index is -4.35. The Morgan fingerprint density at radius 2 is 1.83 bits per heavy atom. The molecule has 2 aromatic carbocycles. The highest BCUT2D eigenvalue weighted by molar-refractivity contribution is 5.96. The van der Waals surface area contributed by atoms with Crippen LogP contribution in [0.1, 0.15) is 34.5 Å². The molecule has 0 saturated heterocycles. The quantitative estimate of drug-likeness (QED) is 0.793. The van der Waals surface area contributed by atoms with E-state index < -0.39 is 17.6 Å². The number of rotatable bonds is 3. The molecule has 124 valence electrons. The Balaban J connectivity index is 1.96. The number of aromatic nitrogens is 2. The zero-order valence-electron chi connectivity index (χ0n) is 12.7. The maximum atomic E-state index is 12.7. The number of hydrogen-bond donors (Lipinski definition) is 1. The fourth-order valence-electron chi connectivity index (χ4n) is 2.60. The number of carbonyl (C=O) groups is 1. The van der Waals surface area contributed by atoms with Gasteiger partial charge < -0.3 is 10.3 Å². The van der Waals surface area contributed by atoms with Gasteiger partial charge in [0, 0.05) is 5.56 Å². The van der Waals surface area contributed by atoms with Crippen molar-refractivity contribution in [2.45, 2.75) is 19.1 Å². The van der Waals surface area contributed by atoms with Crippen LogP contribution in [0.15, 0.2) is 48.8 Å². The Kier molecular flexibility index (Phi) is 3.79. The zero-order valence-corrected chi connectivity index (χ0v) is 12.7. The molecule has 0 bridgehead atoms. The molecule has 1 amide bonds. The van der Waals surface area contributed by atoms with Gasteiger partial charge in [0.05, 0.1) is 29.0 Å². The van der Waals surface area contributed by atoms with E-state index in [1.807, 2.05) is 11.5 Å². The number of benzene rings is 2. The topological polar surface area (TPSA) is 60.9 Å². The van der Waals surface area contributed by atoms with Gasteiger partial charge >= 0.3 is 6.18 Å². The molecule has 3 rings (SSSR count). The van der Waals surface area contributed by atoms with Crippen LogP contribution in [0.5, 0.6) is 0 Å². The Labute approximate surface area is 135 Å². The molecule has 4 nitrogen and oxygen atoms in total. The predicted octanol–water partition coefficient (Wildman–Crippen LogP) is 3.76. The van der Waals surface area contributed by atoms with E-state index in [4.69, 9.17) is 5.73 Å². The molecule has 3 aromatic rings. The van der Waals surface area contributed by atoms with Gasteiger partial charge in [0.25, 0.3) is 0 Å². The standard InChI is InChI=1S/C17H14F3N3O/c1-10(11-2-5-13(6-3-11)17(18,19)20)23-9-22-14-8-12(16(21)24)4-7-15(14)23/h2-10H,1H3,(H2,21,24). The van der Waals surface area contributed by atoms with E-state index >= 15 is 0 Å². The predicted molar refractivity (Wildman–Crippen MR) is 83.5 cm³/mol. The Morgan fingerprint density at radius 1 is 1.17 bits per heavy atom. The van der Waals surface area contributed by atoms with Crippen molar-refractivity contribution in [3.05, 3.63) is 65.5 Å². The molecule has 1 heterocycles. The average molecular weight is 333 g/mol. The highest BCUT2D eigenvalue weighted by atomic mass is 19.4. The molecule has 0 aliphatic carbocycles. The van der Waals surface area contributed by atoms with E-state index in [1.54, 1.807) is 24.5 Å². The Morgan fingerprint density at radius 3 is 2.42 bits per heavy atom. The Bertz CT molecular complexity index is 898. The fraction of sp³-hybridized carbons (Fsp3) is 0.176. The normalized spacial score (nSPS) is 13.2. The van der Waals surface area contributed by atoms with Crippen molar-refractivity contribution in [1.82, 2.24) is 9.55 Å². The summed E-state index contributed by atoms with van der Waals surface area (Å²) < 4.78 is 39.8. The summed E-state index contributed by atoms with van der Waals surface area (Å²) in [5.74, 6) is -0.540. The van der Waals surface area contributed by atoms with E-state index in [-0.39, 0.29) is 6.04 Å². The first-order valence-electron chi connectivity index (χ1n) is 7.21. The third kappa shape index (κ3) is 2.84. The number of amides is 1. The maximum absolute atomic E-state index is 12.7. The molecule has 0 aliphatic rings. The number of fused-ring (bicyclic) bond motifs is 1. The van der Waals surface area contributed by atoms with Gasteiger partial charge in [0.2, 0.25) is 5.91 Å². The average Bonchev–Trinajstić information content (AvgIpc) is 2.96. The van der Waals surface area contributed by atoms with Crippen molar-refractivity contribution in [3.8, 4) is 0 Å². The molecule has 0 spiro atoms.